The van der Waals surface area contributed by atoms with Crippen LogP contribution >= 0.6 is 0 Å². The fourth-order valence-electron chi connectivity index (χ4n) is 2.43. The minimum absolute atomic E-state index is 0.185. The van der Waals surface area contributed by atoms with Crippen molar-refractivity contribution in [2.45, 2.75) is 83.0 Å². The molecule has 0 aromatic rings. The molecular weight excluding hydrogens is 344 g/mol. The van der Waals surface area contributed by atoms with Crippen molar-refractivity contribution in [3.8, 4) is 0 Å². The maximum absolute atomic E-state index is 10.4. The van der Waals surface area contributed by atoms with E-state index in [0.29, 0.717) is 19.3 Å². The minimum atomic E-state index is -0.846. The van der Waals surface area contributed by atoms with Crippen molar-refractivity contribution < 1.29 is 25.2 Å². The highest BCUT2D eigenvalue weighted by Gasteiger charge is 2.11. The van der Waals surface area contributed by atoms with E-state index in [4.69, 9.17) is 5.11 Å². The summed E-state index contributed by atoms with van der Waals surface area (Å²) in [4.78, 5) is 10.4. The van der Waals surface area contributed by atoms with Crippen LogP contribution in [0.1, 0.15) is 64.7 Å². The van der Waals surface area contributed by atoms with Gasteiger partial charge in [-0.05, 0) is 19.3 Å². The van der Waals surface area contributed by atoms with Crippen molar-refractivity contribution in [2.24, 2.45) is 0 Å². The van der Waals surface area contributed by atoms with Gasteiger partial charge in [0, 0.05) is 6.42 Å². The first kappa shape index (κ1) is 25.3. The molecule has 5 nitrogen and oxygen atoms in total. The summed E-state index contributed by atoms with van der Waals surface area (Å²) < 4.78 is 0. The van der Waals surface area contributed by atoms with Crippen LogP contribution in [-0.4, -0.2) is 44.7 Å². The number of aliphatic carboxylic acids is 1. The molecule has 0 fully saturated rings. The van der Waals surface area contributed by atoms with Gasteiger partial charge < -0.3 is 20.4 Å². The molecule has 0 bridgehead atoms. The van der Waals surface area contributed by atoms with Gasteiger partial charge in [0.2, 0.25) is 0 Å². The van der Waals surface area contributed by atoms with Crippen LogP contribution in [0.4, 0.5) is 0 Å². The zero-order valence-electron chi connectivity index (χ0n) is 16.4. The maximum Gasteiger partial charge on any atom is 0.303 e. The van der Waals surface area contributed by atoms with Crippen molar-refractivity contribution in [3.05, 3.63) is 48.6 Å². The van der Waals surface area contributed by atoms with E-state index in [1.165, 1.54) is 0 Å². The predicted octanol–water partition coefficient (Wildman–Crippen LogP) is 3.91. The van der Waals surface area contributed by atoms with Gasteiger partial charge >= 0.3 is 5.97 Å². The molecule has 154 valence electrons. The van der Waals surface area contributed by atoms with Gasteiger partial charge in [-0.1, -0.05) is 87.6 Å². The highest BCUT2D eigenvalue weighted by atomic mass is 16.4. The Morgan fingerprint density at radius 1 is 0.778 bits per heavy atom. The summed E-state index contributed by atoms with van der Waals surface area (Å²) in [5, 5.41) is 37.9. The van der Waals surface area contributed by atoms with E-state index in [0.717, 1.165) is 32.1 Å². The number of carboxylic acids is 1. The van der Waals surface area contributed by atoms with Gasteiger partial charge in [-0.3, -0.25) is 4.79 Å². The van der Waals surface area contributed by atoms with Crippen LogP contribution in [-0.2, 0) is 4.79 Å². The highest BCUT2D eigenvalue weighted by molar-refractivity contribution is 5.66. The van der Waals surface area contributed by atoms with Gasteiger partial charge in [0.1, 0.15) is 0 Å². The molecule has 5 heteroatoms. The third-order valence-corrected chi connectivity index (χ3v) is 4.09. The van der Waals surface area contributed by atoms with E-state index in [-0.39, 0.29) is 6.42 Å². The van der Waals surface area contributed by atoms with E-state index in [1.54, 1.807) is 42.5 Å². The molecule has 4 N–H and O–H groups in total. The highest BCUT2D eigenvalue weighted by Crippen LogP contribution is 2.08. The summed E-state index contributed by atoms with van der Waals surface area (Å²) in [5.74, 6) is -0.777. The summed E-state index contributed by atoms with van der Waals surface area (Å²) >= 11 is 0. The Morgan fingerprint density at radius 3 is 2.00 bits per heavy atom. The number of aliphatic hydroxyl groups is 3. The van der Waals surface area contributed by atoms with Gasteiger partial charge in [-0.2, -0.15) is 0 Å². The number of allylic oxidation sites excluding steroid dienone is 6. The minimum Gasteiger partial charge on any atom is -0.481 e. The lowest BCUT2D eigenvalue weighted by molar-refractivity contribution is -0.137. The molecule has 0 saturated carbocycles. The summed E-state index contributed by atoms with van der Waals surface area (Å²) in [6, 6.07) is 0. The first-order valence-corrected chi connectivity index (χ1v) is 9.91. The molecule has 3 unspecified atom stereocenters. The van der Waals surface area contributed by atoms with E-state index in [2.05, 4.69) is 6.92 Å². The zero-order valence-corrected chi connectivity index (χ0v) is 16.4. The number of carboxylic acid groups (broad SMARTS) is 1. The van der Waals surface area contributed by atoms with E-state index >= 15 is 0 Å². The Kier molecular flexibility index (Phi) is 16.6. The molecule has 0 heterocycles. The van der Waals surface area contributed by atoms with Gasteiger partial charge in [0.05, 0.1) is 18.3 Å². The third kappa shape index (κ3) is 17.5. The Hall–Kier alpha value is -1.69. The third-order valence-electron chi connectivity index (χ3n) is 4.09. The lowest BCUT2D eigenvalue weighted by Crippen LogP contribution is -2.23. The summed E-state index contributed by atoms with van der Waals surface area (Å²) in [5.41, 5.74) is 0. The molecule has 0 rings (SSSR count). The molecule has 0 aromatic carbocycles. The second-order valence-electron chi connectivity index (χ2n) is 6.65. The number of unbranched alkanes of at least 4 members (excludes halogenated alkanes) is 4. The van der Waals surface area contributed by atoms with Crippen LogP contribution in [0.3, 0.4) is 0 Å². The number of hydrogen-bond acceptors (Lipinski definition) is 4. The van der Waals surface area contributed by atoms with E-state index in [9.17, 15) is 20.1 Å². The van der Waals surface area contributed by atoms with E-state index < -0.39 is 24.3 Å². The lowest BCUT2D eigenvalue weighted by Gasteiger charge is -2.13. The maximum atomic E-state index is 10.4. The topological polar surface area (TPSA) is 98.0 Å². The molecule has 0 aliphatic rings. The van der Waals surface area contributed by atoms with Crippen LogP contribution < -0.4 is 0 Å². The standard InChI is InChI=1S/C22H36O5/c1-2-3-9-16-20(24)21(25)17-12-7-5-4-6-10-14-19(23)15-11-8-13-18-22(26)27/h4-7,10,12,14,17,19-21,23-25H,2-3,8-9,11,13,15-16,18H2,1H3,(H,26,27)/b6-4+,7-5+,14-10+,17-12+. The average Bonchev–Trinajstić information content (AvgIpc) is 2.63. The van der Waals surface area contributed by atoms with Crippen molar-refractivity contribution in [1.29, 1.82) is 0 Å². The number of carbonyl (C=O) groups is 1. The van der Waals surface area contributed by atoms with Crippen molar-refractivity contribution in [3.63, 3.8) is 0 Å². The second-order valence-corrected chi connectivity index (χ2v) is 6.65. The molecule has 0 aliphatic heterocycles. The molecule has 0 radical (unpaired) electrons. The molecule has 0 amide bonds. The van der Waals surface area contributed by atoms with Crippen molar-refractivity contribution in [2.75, 3.05) is 0 Å². The number of rotatable bonds is 16. The molecule has 0 spiro atoms. The summed E-state index contributed by atoms with van der Waals surface area (Å²) in [6.07, 6.45) is 18.6. The lowest BCUT2D eigenvalue weighted by atomic mass is 10.1. The van der Waals surface area contributed by atoms with Gasteiger partial charge in [0.25, 0.3) is 0 Å². The first-order valence-electron chi connectivity index (χ1n) is 9.91. The van der Waals surface area contributed by atoms with Crippen LogP contribution in [0.5, 0.6) is 0 Å². The quantitative estimate of drug-likeness (QED) is 0.240. The Morgan fingerprint density at radius 2 is 1.37 bits per heavy atom. The van der Waals surface area contributed by atoms with Crippen LogP contribution in [0.2, 0.25) is 0 Å². The SMILES string of the molecule is CCCCCC(O)C(O)/C=C/C=C/C=C/C=C/C(O)CCCCCC(=O)O. The van der Waals surface area contributed by atoms with Gasteiger partial charge in [-0.15, -0.1) is 0 Å². The fourth-order valence-corrected chi connectivity index (χ4v) is 2.43. The fraction of sp³-hybridized carbons (Fsp3) is 0.591. The molecule has 0 aliphatic carbocycles. The number of aliphatic hydroxyl groups excluding tert-OH is 3. The zero-order chi connectivity index (χ0) is 20.3. The molecule has 27 heavy (non-hydrogen) atoms. The normalized spacial score (nSPS) is 16.0. The van der Waals surface area contributed by atoms with Gasteiger partial charge in [0.15, 0.2) is 0 Å². The predicted molar refractivity (Wildman–Crippen MR) is 109 cm³/mol. The smallest absolute Gasteiger partial charge is 0.303 e. The van der Waals surface area contributed by atoms with Crippen molar-refractivity contribution >= 4 is 5.97 Å². The monoisotopic (exact) mass is 380 g/mol. The summed E-state index contributed by atoms with van der Waals surface area (Å²) in [6.45, 7) is 2.10. The molecule has 3 atom stereocenters. The Balaban J connectivity index is 3.89. The summed E-state index contributed by atoms with van der Waals surface area (Å²) in [7, 11) is 0. The van der Waals surface area contributed by atoms with Crippen LogP contribution in [0, 0.1) is 0 Å². The van der Waals surface area contributed by atoms with Crippen LogP contribution in [0.15, 0.2) is 48.6 Å². The molecule has 0 aromatic heterocycles. The largest absolute Gasteiger partial charge is 0.481 e. The Labute approximate surface area is 163 Å². The molecular formula is C22H36O5. The van der Waals surface area contributed by atoms with Crippen LogP contribution in [0.25, 0.3) is 0 Å². The average molecular weight is 381 g/mol. The van der Waals surface area contributed by atoms with E-state index in [1.807, 2.05) is 6.08 Å². The first-order chi connectivity index (χ1) is 13.0. The van der Waals surface area contributed by atoms with Crippen molar-refractivity contribution in [1.82, 2.24) is 0 Å². The second kappa shape index (κ2) is 17.7. The van der Waals surface area contributed by atoms with Gasteiger partial charge in [-0.25, -0.2) is 0 Å². The molecule has 0 saturated heterocycles. The Bertz CT molecular complexity index is 479. The number of hydrogen-bond donors (Lipinski definition) is 4.